The maximum Gasteiger partial charge on any atom is 0.133 e. The van der Waals surface area contributed by atoms with Crippen LogP contribution in [0.5, 0.6) is 5.75 Å². The van der Waals surface area contributed by atoms with Crippen LogP contribution in [0.3, 0.4) is 0 Å². The van der Waals surface area contributed by atoms with Crippen molar-refractivity contribution in [3.8, 4) is 5.75 Å². The smallest absolute Gasteiger partial charge is 0.133 e. The van der Waals surface area contributed by atoms with Crippen LogP contribution in [0.1, 0.15) is 5.56 Å². The molecule has 0 spiro atoms. The summed E-state index contributed by atoms with van der Waals surface area (Å²) in [5.74, 6) is 0.813. The van der Waals surface area contributed by atoms with Crippen LogP contribution in [0.15, 0.2) is 22.7 Å². The number of benzene rings is 1. The highest BCUT2D eigenvalue weighted by Gasteiger charge is 2.00. The first-order chi connectivity index (χ1) is 7.24. The lowest BCUT2D eigenvalue weighted by molar-refractivity contribution is 0.0703. The number of halogens is 1. The summed E-state index contributed by atoms with van der Waals surface area (Å²) in [6.45, 7) is 3.41. The summed E-state index contributed by atoms with van der Waals surface area (Å²) in [6, 6.07) is 5.92. The third-order valence-corrected chi connectivity index (χ3v) is 2.43. The zero-order valence-electron chi connectivity index (χ0n) is 8.70. The summed E-state index contributed by atoms with van der Waals surface area (Å²) in [4.78, 5) is 0. The summed E-state index contributed by atoms with van der Waals surface area (Å²) in [6.07, 6.45) is 0. The molecule has 0 heterocycles. The molecule has 1 N–H and O–H groups in total. The van der Waals surface area contributed by atoms with Gasteiger partial charge >= 0.3 is 0 Å². The first kappa shape index (κ1) is 12.5. The van der Waals surface area contributed by atoms with Crippen molar-refractivity contribution in [3.63, 3.8) is 0 Å². The van der Waals surface area contributed by atoms with E-state index in [1.807, 2.05) is 25.1 Å². The quantitative estimate of drug-likeness (QED) is 0.808. The van der Waals surface area contributed by atoms with Gasteiger partial charge in [-0.3, -0.25) is 0 Å². The van der Waals surface area contributed by atoms with E-state index in [0.717, 1.165) is 10.2 Å². The van der Waals surface area contributed by atoms with Crippen LogP contribution in [-0.4, -0.2) is 31.5 Å². The zero-order valence-corrected chi connectivity index (χ0v) is 10.3. The number of aryl methyl sites for hydroxylation is 1. The molecular formula is C11H15BrO3. The molecule has 0 aromatic heterocycles. The van der Waals surface area contributed by atoms with Crippen LogP contribution < -0.4 is 4.74 Å². The van der Waals surface area contributed by atoms with Gasteiger partial charge in [0, 0.05) is 0 Å². The normalized spacial score (nSPS) is 10.3. The lowest BCUT2D eigenvalue weighted by Gasteiger charge is -2.08. The lowest BCUT2D eigenvalue weighted by Crippen LogP contribution is -2.09. The van der Waals surface area contributed by atoms with Gasteiger partial charge in [-0.25, -0.2) is 0 Å². The van der Waals surface area contributed by atoms with Gasteiger partial charge < -0.3 is 14.6 Å². The van der Waals surface area contributed by atoms with Crippen molar-refractivity contribution < 1.29 is 14.6 Å². The molecule has 0 atom stereocenters. The Balaban J connectivity index is 2.31. The van der Waals surface area contributed by atoms with Crippen LogP contribution in [0.4, 0.5) is 0 Å². The van der Waals surface area contributed by atoms with Gasteiger partial charge in [-0.15, -0.1) is 0 Å². The lowest BCUT2D eigenvalue weighted by atomic mass is 10.2. The van der Waals surface area contributed by atoms with E-state index >= 15 is 0 Å². The summed E-state index contributed by atoms with van der Waals surface area (Å²) < 4.78 is 11.5. The van der Waals surface area contributed by atoms with E-state index in [2.05, 4.69) is 15.9 Å². The molecule has 3 nitrogen and oxygen atoms in total. The highest BCUT2D eigenvalue weighted by molar-refractivity contribution is 9.10. The Labute approximate surface area is 98.1 Å². The minimum atomic E-state index is 0.0498. The Morgan fingerprint density at radius 3 is 2.73 bits per heavy atom. The Morgan fingerprint density at radius 1 is 1.27 bits per heavy atom. The van der Waals surface area contributed by atoms with Crippen molar-refractivity contribution in [2.24, 2.45) is 0 Å². The third-order valence-electron chi connectivity index (χ3n) is 1.81. The zero-order chi connectivity index (χ0) is 11.1. The number of hydrogen-bond acceptors (Lipinski definition) is 3. The Hall–Kier alpha value is -0.580. The topological polar surface area (TPSA) is 38.7 Å². The van der Waals surface area contributed by atoms with Crippen molar-refractivity contribution in [1.29, 1.82) is 0 Å². The Bertz CT molecular complexity index is 302. The van der Waals surface area contributed by atoms with Gasteiger partial charge in [-0.05, 0) is 40.5 Å². The predicted octanol–water partition coefficient (Wildman–Crippen LogP) is 2.15. The Morgan fingerprint density at radius 2 is 2.07 bits per heavy atom. The SMILES string of the molecule is Cc1ccc(OCCOCCO)c(Br)c1. The van der Waals surface area contributed by atoms with Crippen molar-refractivity contribution in [2.75, 3.05) is 26.4 Å². The molecular weight excluding hydrogens is 260 g/mol. The first-order valence-corrected chi connectivity index (χ1v) is 5.61. The molecule has 0 fully saturated rings. The molecule has 4 heteroatoms. The van der Waals surface area contributed by atoms with Gasteiger partial charge in [-0.2, -0.15) is 0 Å². The summed E-state index contributed by atoms with van der Waals surface area (Å²) >= 11 is 3.42. The summed E-state index contributed by atoms with van der Waals surface area (Å²) in [7, 11) is 0. The van der Waals surface area contributed by atoms with Crippen LogP contribution in [-0.2, 0) is 4.74 Å². The van der Waals surface area contributed by atoms with E-state index in [4.69, 9.17) is 14.6 Å². The van der Waals surface area contributed by atoms with E-state index in [0.29, 0.717) is 19.8 Å². The molecule has 0 radical (unpaired) electrons. The minimum Gasteiger partial charge on any atom is -0.490 e. The maximum absolute atomic E-state index is 8.48. The molecule has 0 saturated heterocycles. The molecule has 0 bridgehead atoms. The van der Waals surface area contributed by atoms with E-state index < -0.39 is 0 Å². The van der Waals surface area contributed by atoms with Crippen LogP contribution in [0, 0.1) is 6.92 Å². The molecule has 0 aliphatic heterocycles. The van der Waals surface area contributed by atoms with Crippen molar-refractivity contribution in [1.82, 2.24) is 0 Å². The number of ether oxygens (including phenoxy) is 2. The van der Waals surface area contributed by atoms with E-state index in [1.165, 1.54) is 5.56 Å². The Kier molecular flexibility index (Phi) is 5.68. The average Bonchev–Trinajstić information content (AvgIpc) is 2.20. The third kappa shape index (κ3) is 4.64. The largest absolute Gasteiger partial charge is 0.490 e. The summed E-state index contributed by atoms with van der Waals surface area (Å²) in [5, 5.41) is 8.48. The molecule has 0 amide bonds. The monoisotopic (exact) mass is 274 g/mol. The fourth-order valence-corrected chi connectivity index (χ4v) is 1.71. The van der Waals surface area contributed by atoms with Gasteiger partial charge in [0.2, 0.25) is 0 Å². The van der Waals surface area contributed by atoms with Crippen molar-refractivity contribution in [2.45, 2.75) is 6.92 Å². The second kappa shape index (κ2) is 6.82. The van der Waals surface area contributed by atoms with Gasteiger partial charge in [0.15, 0.2) is 0 Å². The van der Waals surface area contributed by atoms with E-state index in [-0.39, 0.29) is 6.61 Å². The van der Waals surface area contributed by atoms with Crippen LogP contribution >= 0.6 is 15.9 Å². The van der Waals surface area contributed by atoms with E-state index in [9.17, 15) is 0 Å². The molecule has 1 aromatic carbocycles. The molecule has 0 saturated carbocycles. The molecule has 1 rings (SSSR count). The highest BCUT2D eigenvalue weighted by Crippen LogP contribution is 2.25. The molecule has 0 aliphatic carbocycles. The molecule has 15 heavy (non-hydrogen) atoms. The number of rotatable bonds is 6. The van der Waals surface area contributed by atoms with E-state index in [1.54, 1.807) is 0 Å². The predicted molar refractivity (Wildman–Crippen MR) is 62.3 cm³/mol. The standard InChI is InChI=1S/C11H15BrO3/c1-9-2-3-11(10(12)8-9)15-7-6-14-5-4-13/h2-3,8,13H,4-7H2,1H3. The summed E-state index contributed by atoms with van der Waals surface area (Å²) in [5.41, 5.74) is 1.19. The minimum absolute atomic E-state index is 0.0498. The fourth-order valence-electron chi connectivity index (χ4n) is 1.10. The highest BCUT2D eigenvalue weighted by atomic mass is 79.9. The van der Waals surface area contributed by atoms with Crippen LogP contribution in [0.2, 0.25) is 0 Å². The first-order valence-electron chi connectivity index (χ1n) is 4.81. The fraction of sp³-hybridized carbons (Fsp3) is 0.455. The van der Waals surface area contributed by atoms with Crippen LogP contribution in [0.25, 0.3) is 0 Å². The number of hydrogen-bond donors (Lipinski definition) is 1. The number of aliphatic hydroxyl groups is 1. The van der Waals surface area contributed by atoms with Gasteiger partial charge in [-0.1, -0.05) is 6.07 Å². The molecule has 0 unspecified atom stereocenters. The average molecular weight is 275 g/mol. The van der Waals surface area contributed by atoms with Crippen molar-refractivity contribution >= 4 is 15.9 Å². The molecule has 0 aliphatic rings. The van der Waals surface area contributed by atoms with Crippen molar-refractivity contribution in [3.05, 3.63) is 28.2 Å². The second-order valence-electron chi connectivity index (χ2n) is 3.12. The van der Waals surface area contributed by atoms with Gasteiger partial charge in [0.05, 0.1) is 24.3 Å². The molecule has 1 aromatic rings. The molecule has 84 valence electrons. The van der Waals surface area contributed by atoms with Gasteiger partial charge in [0.1, 0.15) is 12.4 Å². The number of aliphatic hydroxyl groups excluding tert-OH is 1. The van der Waals surface area contributed by atoms with Gasteiger partial charge in [0.25, 0.3) is 0 Å². The maximum atomic E-state index is 8.48. The second-order valence-corrected chi connectivity index (χ2v) is 3.97.